The second kappa shape index (κ2) is 6.79. The van der Waals surface area contributed by atoms with Crippen molar-refractivity contribution in [3.8, 4) is 0 Å². The lowest BCUT2D eigenvalue weighted by molar-refractivity contribution is -0.120. The number of hydrogen-bond donors (Lipinski definition) is 2. The largest absolute Gasteiger partial charge is 0.369 e. The highest BCUT2D eigenvalue weighted by Gasteiger charge is 2.22. The molecule has 0 unspecified atom stereocenters. The molecule has 0 atom stereocenters. The number of piperidine rings is 1. The number of aromatic nitrogens is 2. The summed E-state index contributed by atoms with van der Waals surface area (Å²) >= 11 is 5.71. The molecule has 1 fully saturated rings. The molecule has 1 aromatic heterocycles. The third-order valence-corrected chi connectivity index (χ3v) is 3.42. The standard InChI is InChI=1S/C12H18ClN5O/c13-11-6-16-9(5-17-11)7-18(8-12(14)19)10-1-3-15-4-2-10/h5-6,10,15H,1-4,7-8H2,(H2,14,19). The average molecular weight is 284 g/mol. The lowest BCUT2D eigenvalue weighted by Gasteiger charge is -2.33. The molecule has 0 spiro atoms. The van der Waals surface area contributed by atoms with Crippen molar-refractivity contribution in [3.05, 3.63) is 23.2 Å². The van der Waals surface area contributed by atoms with Gasteiger partial charge >= 0.3 is 0 Å². The van der Waals surface area contributed by atoms with E-state index in [0.29, 0.717) is 17.7 Å². The normalized spacial score (nSPS) is 16.7. The molecule has 2 heterocycles. The Kier molecular flexibility index (Phi) is 5.07. The fourth-order valence-electron chi connectivity index (χ4n) is 2.31. The van der Waals surface area contributed by atoms with Gasteiger partial charge in [-0.05, 0) is 25.9 Å². The molecular weight excluding hydrogens is 266 g/mol. The van der Waals surface area contributed by atoms with E-state index < -0.39 is 0 Å². The van der Waals surface area contributed by atoms with Crippen LogP contribution in [0.25, 0.3) is 0 Å². The van der Waals surface area contributed by atoms with Gasteiger partial charge in [0.25, 0.3) is 0 Å². The van der Waals surface area contributed by atoms with Crippen molar-refractivity contribution in [2.75, 3.05) is 19.6 Å². The van der Waals surface area contributed by atoms with E-state index >= 15 is 0 Å². The molecule has 1 aliphatic heterocycles. The highest BCUT2D eigenvalue weighted by Crippen LogP contribution is 2.14. The zero-order chi connectivity index (χ0) is 13.7. The van der Waals surface area contributed by atoms with Crippen molar-refractivity contribution in [2.24, 2.45) is 5.73 Å². The first-order valence-electron chi connectivity index (χ1n) is 6.34. The molecule has 0 aromatic carbocycles. The van der Waals surface area contributed by atoms with Crippen LogP contribution in [-0.4, -0.2) is 46.5 Å². The minimum absolute atomic E-state index is 0.245. The van der Waals surface area contributed by atoms with Gasteiger partial charge in [-0.2, -0.15) is 0 Å². The van der Waals surface area contributed by atoms with Gasteiger partial charge in [-0.3, -0.25) is 14.7 Å². The van der Waals surface area contributed by atoms with Crippen molar-refractivity contribution >= 4 is 17.5 Å². The third-order valence-electron chi connectivity index (χ3n) is 3.22. The summed E-state index contributed by atoms with van der Waals surface area (Å²) in [5.74, 6) is -0.319. The third kappa shape index (κ3) is 4.41. The van der Waals surface area contributed by atoms with Gasteiger partial charge in [-0.1, -0.05) is 11.6 Å². The fraction of sp³-hybridized carbons (Fsp3) is 0.583. The van der Waals surface area contributed by atoms with Crippen molar-refractivity contribution in [1.82, 2.24) is 20.2 Å². The molecule has 0 bridgehead atoms. The second-order valence-electron chi connectivity index (χ2n) is 4.68. The van der Waals surface area contributed by atoms with E-state index in [1.165, 1.54) is 6.20 Å². The van der Waals surface area contributed by atoms with Crippen LogP contribution in [0.2, 0.25) is 5.15 Å². The maximum Gasteiger partial charge on any atom is 0.231 e. The zero-order valence-electron chi connectivity index (χ0n) is 10.7. The Morgan fingerprint density at radius 3 is 2.74 bits per heavy atom. The Hall–Kier alpha value is -1.24. The Bertz CT molecular complexity index is 419. The topological polar surface area (TPSA) is 84.1 Å². The van der Waals surface area contributed by atoms with E-state index in [1.54, 1.807) is 6.20 Å². The molecule has 0 radical (unpaired) electrons. The van der Waals surface area contributed by atoms with Crippen molar-refractivity contribution in [1.29, 1.82) is 0 Å². The lowest BCUT2D eigenvalue weighted by atomic mass is 10.0. The number of carbonyl (C=O) groups excluding carboxylic acids is 1. The zero-order valence-corrected chi connectivity index (χ0v) is 11.4. The van der Waals surface area contributed by atoms with Crippen molar-refractivity contribution in [3.63, 3.8) is 0 Å². The number of amides is 1. The number of primary amides is 1. The van der Waals surface area contributed by atoms with E-state index in [1.807, 2.05) is 0 Å². The van der Waals surface area contributed by atoms with Gasteiger partial charge in [-0.25, -0.2) is 4.98 Å². The Balaban J connectivity index is 2.03. The molecule has 0 aliphatic carbocycles. The van der Waals surface area contributed by atoms with Gasteiger partial charge in [0.1, 0.15) is 5.15 Å². The number of halogens is 1. The van der Waals surface area contributed by atoms with Gasteiger partial charge < -0.3 is 11.1 Å². The van der Waals surface area contributed by atoms with Gasteiger partial charge in [0.05, 0.1) is 24.6 Å². The summed E-state index contributed by atoms with van der Waals surface area (Å²) in [4.78, 5) is 21.5. The van der Waals surface area contributed by atoms with Crippen LogP contribution in [0.15, 0.2) is 12.4 Å². The summed E-state index contributed by atoms with van der Waals surface area (Å²) in [5, 5.41) is 3.67. The predicted octanol–water partition coefficient (Wildman–Crippen LogP) is 0.169. The molecule has 1 aliphatic rings. The van der Waals surface area contributed by atoms with Crippen LogP contribution in [0.3, 0.4) is 0 Å². The van der Waals surface area contributed by atoms with Crippen molar-refractivity contribution in [2.45, 2.75) is 25.4 Å². The molecule has 3 N–H and O–H groups in total. The smallest absolute Gasteiger partial charge is 0.231 e. The van der Waals surface area contributed by atoms with Gasteiger partial charge in [0, 0.05) is 12.6 Å². The molecule has 6 nitrogen and oxygen atoms in total. The van der Waals surface area contributed by atoms with Gasteiger partial charge in [0.2, 0.25) is 5.91 Å². The molecule has 19 heavy (non-hydrogen) atoms. The summed E-state index contributed by atoms with van der Waals surface area (Å²) in [5.41, 5.74) is 6.12. The molecule has 0 saturated carbocycles. The Morgan fingerprint density at radius 1 is 1.42 bits per heavy atom. The summed E-state index contributed by atoms with van der Waals surface area (Å²) < 4.78 is 0. The maximum atomic E-state index is 11.2. The van der Waals surface area contributed by atoms with Crippen LogP contribution in [-0.2, 0) is 11.3 Å². The van der Waals surface area contributed by atoms with Crippen LogP contribution < -0.4 is 11.1 Å². The minimum atomic E-state index is -0.319. The molecular formula is C12H18ClN5O. The van der Waals surface area contributed by atoms with Crippen LogP contribution in [0.5, 0.6) is 0 Å². The predicted molar refractivity (Wildman–Crippen MR) is 72.5 cm³/mol. The van der Waals surface area contributed by atoms with Crippen LogP contribution in [0.4, 0.5) is 0 Å². The summed E-state index contributed by atoms with van der Waals surface area (Å²) in [6.45, 7) is 2.74. The van der Waals surface area contributed by atoms with Gasteiger partial charge in [0.15, 0.2) is 0 Å². The number of nitrogens with two attached hydrogens (primary N) is 1. The Labute approximate surface area is 117 Å². The van der Waals surface area contributed by atoms with Gasteiger partial charge in [-0.15, -0.1) is 0 Å². The molecule has 1 saturated heterocycles. The SMILES string of the molecule is NC(=O)CN(Cc1cnc(Cl)cn1)C1CCNCC1. The van der Waals surface area contributed by atoms with E-state index in [9.17, 15) is 4.79 Å². The number of nitrogens with zero attached hydrogens (tertiary/aromatic N) is 3. The minimum Gasteiger partial charge on any atom is -0.369 e. The molecule has 7 heteroatoms. The quantitative estimate of drug-likeness (QED) is 0.805. The van der Waals surface area contributed by atoms with Crippen LogP contribution >= 0.6 is 11.6 Å². The van der Waals surface area contributed by atoms with E-state index in [-0.39, 0.29) is 12.5 Å². The monoisotopic (exact) mass is 283 g/mol. The van der Waals surface area contributed by atoms with Crippen LogP contribution in [0, 0.1) is 0 Å². The molecule has 1 aromatic rings. The first kappa shape index (κ1) is 14.2. The molecule has 2 rings (SSSR count). The lowest BCUT2D eigenvalue weighted by Crippen LogP contribution is -2.46. The van der Waals surface area contributed by atoms with E-state index in [4.69, 9.17) is 17.3 Å². The number of hydrogen-bond acceptors (Lipinski definition) is 5. The number of carbonyl (C=O) groups is 1. The average Bonchev–Trinajstić information content (AvgIpc) is 2.41. The molecule has 1 amide bonds. The van der Waals surface area contributed by atoms with Crippen molar-refractivity contribution < 1.29 is 4.79 Å². The highest BCUT2D eigenvalue weighted by atomic mass is 35.5. The van der Waals surface area contributed by atoms with E-state index in [2.05, 4.69) is 20.2 Å². The fourth-order valence-corrected chi connectivity index (χ4v) is 2.41. The van der Waals surface area contributed by atoms with Crippen LogP contribution in [0.1, 0.15) is 18.5 Å². The maximum absolute atomic E-state index is 11.2. The first-order valence-corrected chi connectivity index (χ1v) is 6.72. The Morgan fingerprint density at radius 2 is 2.16 bits per heavy atom. The number of rotatable bonds is 5. The summed E-state index contributed by atoms with van der Waals surface area (Å²) in [6, 6.07) is 0.353. The van der Waals surface area contributed by atoms with E-state index in [0.717, 1.165) is 31.6 Å². The second-order valence-corrected chi connectivity index (χ2v) is 5.07. The highest BCUT2D eigenvalue weighted by molar-refractivity contribution is 6.29. The number of nitrogens with one attached hydrogen (secondary N) is 1. The summed E-state index contributed by atoms with van der Waals surface area (Å²) in [6.07, 6.45) is 5.17. The summed E-state index contributed by atoms with van der Waals surface area (Å²) in [7, 11) is 0. The molecule has 104 valence electrons. The first-order chi connectivity index (χ1) is 9.15.